The highest BCUT2D eigenvalue weighted by Crippen LogP contribution is 2.30. The Balaban J connectivity index is 1.26. The van der Waals surface area contributed by atoms with Crippen LogP contribution in [0.5, 0.6) is 0 Å². The minimum absolute atomic E-state index is 0.0623. The predicted molar refractivity (Wildman–Crippen MR) is 155 cm³/mol. The number of nitrogen functional groups attached to an aromatic ring is 1. The van der Waals surface area contributed by atoms with Gasteiger partial charge in [0.05, 0.1) is 12.6 Å². The lowest BCUT2D eigenvalue weighted by Gasteiger charge is -2.38. The molecule has 0 saturated carbocycles. The third-order valence-corrected chi connectivity index (χ3v) is 8.38. The number of aromatic nitrogens is 1. The first kappa shape index (κ1) is 28.2. The van der Waals surface area contributed by atoms with Gasteiger partial charge < -0.3 is 20.9 Å². The number of carbonyl (C=O) groups is 4. The summed E-state index contributed by atoms with van der Waals surface area (Å²) in [5.74, 6) is -1.31. The summed E-state index contributed by atoms with van der Waals surface area (Å²) in [6, 6.07) is 14.5. The van der Waals surface area contributed by atoms with Crippen LogP contribution in [-0.2, 0) is 27.2 Å². The van der Waals surface area contributed by atoms with Crippen molar-refractivity contribution in [3.05, 3.63) is 87.9 Å². The second kappa shape index (κ2) is 12.4. The molecule has 4 N–H and O–H groups in total. The number of nitrogens with two attached hydrogens (primary N) is 1. The Hall–Kier alpha value is -4.38. The molecule has 2 saturated heterocycles. The van der Waals surface area contributed by atoms with Gasteiger partial charge in [0.15, 0.2) is 5.01 Å². The van der Waals surface area contributed by atoms with Crippen molar-refractivity contribution < 1.29 is 19.2 Å². The normalized spacial score (nSPS) is 19.1. The van der Waals surface area contributed by atoms with Crippen molar-refractivity contribution in [2.75, 3.05) is 13.1 Å². The number of hydrogen-bond donors (Lipinski definition) is 3. The molecule has 1 aromatic heterocycles. The molecule has 0 aliphatic carbocycles. The van der Waals surface area contributed by atoms with Crippen molar-refractivity contribution in [2.24, 2.45) is 5.73 Å². The molecular formula is C30H32N6O4S. The van der Waals surface area contributed by atoms with Crippen LogP contribution < -0.4 is 11.1 Å². The Bertz CT molecular complexity index is 1440. The Labute approximate surface area is 242 Å². The number of aryl methyl sites for hydroxylation is 1. The van der Waals surface area contributed by atoms with E-state index < -0.39 is 24.0 Å². The fourth-order valence-electron chi connectivity index (χ4n) is 5.57. The van der Waals surface area contributed by atoms with Crippen molar-refractivity contribution in [3.8, 4) is 0 Å². The predicted octanol–water partition coefficient (Wildman–Crippen LogP) is 2.17. The molecule has 0 unspecified atom stereocenters. The molecule has 0 spiro atoms. The van der Waals surface area contributed by atoms with Gasteiger partial charge in [0.2, 0.25) is 23.5 Å². The fraction of sp³-hybridized carbons (Fsp3) is 0.333. The lowest BCUT2D eigenvalue weighted by molar-refractivity contribution is -0.157. The quantitative estimate of drug-likeness (QED) is 0.182. The van der Waals surface area contributed by atoms with Gasteiger partial charge in [0.25, 0.3) is 0 Å². The van der Waals surface area contributed by atoms with E-state index in [2.05, 4.69) is 10.3 Å². The third-order valence-electron chi connectivity index (χ3n) is 7.59. The highest BCUT2D eigenvalue weighted by molar-refractivity contribution is 7.11. The minimum atomic E-state index is -0.944. The monoisotopic (exact) mass is 572 g/mol. The second-order valence-electron chi connectivity index (χ2n) is 10.3. The van der Waals surface area contributed by atoms with Gasteiger partial charge in [0, 0.05) is 30.1 Å². The summed E-state index contributed by atoms with van der Waals surface area (Å²) >= 11 is 1.18. The van der Waals surface area contributed by atoms with Crippen LogP contribution in [0.3, 0.4) is 0 Å². The van der Waals surface area contributed by atoms with Crippen molar-refractivity contribution >= 4 is 40.7 Å². The first-order valence-electron chi connectivity index (χ1n) is 13.6. The number of amidine groups is 1. The summed E-state index contributed by atoms with van der Waals surface area (Å²) in [7, 11) is 0. The Morgan fingerprint density at radius 1 is 1.10 bits per heavy atom. The van der Waals surface area contributed by atoms with Crippen LogP contribution in [0.1, 0.15) is 45.8 Å². The maximum Gasteiger partial charge on any atom is 0.245 e. The van der Waals surface area contributed by atoms with Crippen LogP contribution in [0, 0.1) is 5.41 Å². The van der Waals surface area contributed by atoms with Gasteiger partial charge in [-0.05, 0) is 42.9 Å². The molecule has 2 aliphatic heterocycles. The molecule has 3 amide bonds. The summed E-state index contributed by atoms with van der Waals surface area (Å²) in [4.78, 5) is 60.5. The number of hydrogen-bond acceptors (Lipinski definition) is 7. The summed E-state index contributed by atoms with van der Waals surface area (Å²) in [5, 5.41) is 12.5. The van der Waals surface area contributed by atoms with E-state index in [9.17, 15) is 19.2 Å². The molecule has 41 heavy (non-hydrogen) atoms. The van der Waals surface area contributed by atoms with E-state index in [0.29, 0.717) is 30.5 Å². The number of rotatable bonds is 11. The maximum atomic E-state index is 13.6. The molecule has 3 aromatic rings. The maximum absolute atomic E-state index is 13.6. The third kappa shape index (κ3) is 6.35. The second-order valence-corrected chi connectivity index (χ2v) is 11.2. The van der Waals surface area contributed by atoms with Gasteiger partial charge in [-0.25, -0.2) is 4.98 Å². The van der Waals surface area contributed by atoms with Gasteiger partial charge in [0.1, 0.15) is 17.9 Å². The molecule has 0 radical (unpaired) electrons. The molecular weight excluding hydrogens is 540 g/mol. The number of piperazine rings is 1. The number of thiazole rings is 1. The van der Waals surface area contributed by atoms with E-state index >= 15 is 0 Å². The number of amides is 3. The van der Waals surface area contributed by atoms with Crippen LogP contribution in [0.4, 0.5) is 0 Å². The molecule has 11 heteroatoms. The number of fused-ring (bicyclic) bond motifs is 1. The van der Waals surface area contributed by atoms with Crippen molar-refractivity contribution in [2.45, 2.75) is 50.2 Å². The number of Topliss-reactive ketones (excluding diaryl/α,β-unsaturated/α-hetero) is 1. The zero-order valence-electron chi connectivity index (χ0n) is 22.5. The van der Waals surface area contributed by atoms with E-state index in [0.717, 1.165) is 12.8 Å². The molecule has 5 rings (SSSR count). The number of benzene rings is 2. The summed E-state index contributed by atoms with van der Waals surface area (Å²) in [6.07, 6.45) is 3.96. The van der Waals surface area contributed by atoms with Gasteiger partial charge in [-0.2, -0.15) is 0 Å². The lowest BCUT2D eigenvalue weighted by atomic mass is 9.99. The van der Waals surface area contributed by atoms with Crippen LogP contribution in [0.2, 0.25) is 0 Å². The van der Waals surface area contributed by atoms with Crippen molar-refractivity contribution in [1.82, 2.24) is 20.1 Å². The Morgan fingerprint density at radius 3 is 2.61 bits per heavy atom. The number of nitrogens with one attached hydrogen (secondary N) is 2. The van der Waals surface area contributed by atoms with Gasteiger partial charge in [-0.1, -0.05) is 48.5 Å². The zero-order chi connectivity index (χ0) is 28.9. The molecule has 2 aromatic carbocycles. The van der Waals surface area contributed by atoms with Crippen LogP contribution in [-0.4, -0.2) is 75.3 Å². The van der Waals surface area contributed by atoms with Gasteiger partial charge in [-0.15, -0.1) is 11.3 Å². The Morgan fingerprint density at radius 2 is 1.88 bits per heavy atom. The molecule has 2 aliphatic rings. The molecule has 0 bridgehead atoms. The molecule has 2 fully saturated rings. The molecule has 3 atom stereocenters. The first-order chi connectivity index (χ1) is 19.8. The lowest BCUT2D eigenvalue weighted by Crippen LogP contribution is -2.62. The van der Waals surface area contributed by atoms with E-state index in [-0.39, 0.29) is 41.4 Å². The average molecular weight is 573 g/mol. The van der Waals surface area contributed by atoms with Crippen LogP contribution >= 0.6 is 11.3 Å². The van der Waals surface area contributed by atoms with E-state index in [1.54, 1.807) is 34.5 Å². The van der Waals surface area contributed by atoms with E-state index in [1.165, 1.54) is 28.0 Å². The average Bonchev–Trinajstić information content (AvgIpc) is 3.67. The van der Waals surface area contributed by atoms with Crippen molar-refractivity contribution in [3.63, 3.8) is 0 Å². The topological polar surface area (TPSA) is 150 Å². The number of ketones is 1. The number of carbonyl (C=O) groups excluding carboxylic acids is 4. The highest BCUT2D eigenvalue weighted by atomic mass is 32.1. The fourth-order valence-corrected chi connectivity index (χ4v) is 6.20. The van der Waals surface area contributed by atoms with E-state index in [1.807, 2.05) is 30.3 Å². The number of nitrogens with zero attached hydrogens (tertiary/aromatic N) is 3. The largest absolute Gasteiger partial charge is 0.384 e. The zero-order valence-corrected chi connectivity index (χ0v) is 23.3. The van der Waals surface area contributed by atoms with Gasteiger partial charge >= 0.3 is 0 Å². The summed E-state index contributed by atoms with van der Waals surface area (Å²) in [5.41, 5.74) is 8.04. The smallest absolute Gasteiger partial charge is 0.245 e. The molecule has 212 valence electrons. The molecule has 3 heterocycles. The summed E-state index contributed by atoms with van der Waals surface area (Å²) in [6.45, 7) is 0.414. The SMILES string of the molecule is N=C(N)c1cccc(C[C@H](NC(=O)[C@@H]2CC[C@H]3C(=O)N(CCCc4ccccc4)CC(=O)N23)C(=O)c2nccs2)c1. The minimum Gasteiger partial charge on any atom is -0.384 e. The van der Waals surface area contributed by atoms with Gasteiger partial charge in [-0.3, -0.25) is 24.6 Å². The molecule has 10 nitrogen and oxygen atoms in total. The first-order valence-corrected chi connectivity index (χ1v) is 14.5. The Kier molecular flexibility index (Phi) is 8.53. The summed E-state index contributed by atoms with van der Waals surface area (Å²) < 4.78 is 0. The highest BCUT2D eigenvalue weighted by Gasteiger charge is 2.49. The van der Waals surface area contributed by atoms with Crippen molar-refractivity contribution in [1.29, 1.82) is 5.41 Å². The van der Waals surface area contributed by atoms with E-state index in [4.69, 9.17) is 11.1 Å². The van der Waals surface area contributed by atoms with Crippen LogP contribution in [0.25, 0.3) is 0 Å². The van der Waals surface area contributed by atoms with Crippen LogP contribution in [0.15, 0.2) is 66.2 Å². The standard InChI is InChI=1S/C30H32N6O4S/c31-27(32)21-10-4-8-20(16-21)17-22(26(38)29-33-13-15-41-29)34-28(39)23-11-12-24-30(40)35(18-25(37)36(23)24)14-5-9-19-6-2-1-3-7-19/h1-4,6-8,10,13,15-16,22-24H,5,9,11-12,14,17-18H2,(H3,31,32)(H,34,39)/t22-,23-,24-/m0/s1.